The molecule has 3 aliphatic carbocycles. The van der Waals surface area contributed by atoms with Crippen LogP contribution in [0, 0.1) is 29.1 Å². The zero-order valence-corrected chi connectivity index (χ0v) is 16.7. The second-order valence-electron chi connectivity index (χ2n) is 8.26. The van der Waals surface area contributed by atoms with Crippen LogP contribution in [-0.4, -0.2) is 23.0 Å². The monoisotopic (exact) mass is 426 g/mol. The quantitative estimate of drug-likeness (QED) is 0.402. The van der Waals surface area contributed by atoms with E-state index in [1.165, 1.54) is 6.21 Å². The first-order chi connectivity index (χ1) is 14.0. The van der Waals surface area contributed by atoms with E-state index in [9.17, 15) is 9.59 Å². The molecule has 1 spiro atoms. The molecule has 29 heavy (non-hydrogen) atoms. The van der Waals surface area contributed by atoms with Crippen LogP contribution in [-0.2, 0) is 9.59 Å². The summed E-state index contributed by atoms with van der Waals surface area (Å²) in [6, 6.07) is 8.76. The van der Waals surface area contributed by atoms with Crippen molar-refractivity contribution in [3.05, 3.63) is 58.3 Å². The fourth-order valence-electron chi connectivity index (χ4n) is 5.55. The van der Waals surface area contributed by atoms with E-state index in [2.05, 4.69) is 17.3 Å². The lowest BCUT2D eigenvalue weighted by atomic mass is 9.85. The lowest BCUT2D eigenvalue weighted by Crippen LogP contribution is -2.30. The molecule has 3 fully saturated rings. The highest BCUT2D eigenvalue weighted by Gasteiger charge is 2.73. The number of hydrazone groups is 1. The number of benzene rings is 1. The summed E-state index contributed by atoms with van der Waals surface area (Å²) < 4.78 is 5.77. The molecule has 0 radical (unpaired) electrons. The first kappa shape index (κ1) is 17.5. The summed E-state index contributed by atoms with van der Waals surface area (Å²) in [5, 5.41) is 6.05. The van der Waals surface area contributed by atoms with Crippen LogP contribution >= 0.6 is 23.2 Å². The molecule has 7 heteroatoms. The maximum Gasteiger partial charge on any atom is 0.254 e. The van der Waals surface area contributed by atoms with Crippen molar-refractivity contribution >= 4 is 41.2 Å². The highest BCUT2D eigenvalue weighted by molar-refractivity contribution is 6.43. The number of nitrogens with zero attached hydrogens (tertiary/aromatic N) is 2. The first-order valence-corrected chi connectivity index (χ1v) is 10.4. The SMILES string of the molecule is O=C1[C@@H]2[C@@H](C(=O)N1/N=C\c1ccc(-c3cccc(Cl)c3Cl)o1)[C@H]1C=C[C@H]2C12CC2. The van der Waals surface area contributed by atoms with Crippen LogP contribution in [0.1, 0.15) is 18.6 Å². The van der Waals surface area contributed by atoms with E-state index in [0.29, 0.717) is 27.1 Å². The van der Waals surface area contributed by atoms with Gasteiger partial charge >= 0.3 is 0 Å². The van der Waals surface area contributed by atoms with Crippen molar-refractivity contribution in [3.8, 4) is 11.3 Å². The highest BCUT2D eigenvalue weighted by atomic mass is 35.5. The van der Waals surface area contributed by atoms with Crippen LogP contribution in [0.15, 0.2) is 52.0 Å². The molecular formula is C22H16Cl2N2O3. The predicted molar refractivity (Wildman–Crippen MR) is 108 cm³/mol. The molecule has 0 unspecified atom stereocenters. The van der Waals surface area contributed by atoms with Crippen LogP contribution in [0.25, 0.3) is 11.3 Å². The second-order valence-corrected chi connectivity index (χ2v) is 9.04. The van der Waals surface area contributed by atoms with E-state index in [0.717, 1.165) is 17.9 Å². The van der Waals surface area contributed by atoms with E-state index in [1.54, 1.807) is 30.3 Å². The Morgan fingerprint density at radius 2 is 1.72 bits per heavy atom. The smallest absolute Gasteiger partial charge is 0.254 e. The molecule has 2 saturated carbocycles. The number of hydrogen-bond donors (Lipinski definition) is 0. The maximum absolute atomic E-state index is 12.9. The van der Waals surface area contributed by atoms with Gasteiger partial charge in [-0.25, -0.2) is 0 Å². The lowest BCUT2D eigenvalue weighted by Gasteiger charge is -2.18. The highest BCUT2D eigenvalue weighted by Crippen LogP contribution is 2.73. The van der Waals surface area contributed by atoms with Crippen molar-refractivity contribution in [3.63, 3.8) is 0 Å². The van der Waals surface area contributed by atoms with Crippen LogP contribution in [0.3, 0.4) is 0 Å². The molecule has 1 aliphatic heterocycles. The van der Waals surface area contributed by atoms with Crippen LogP contribution in [0.5, 0.6) is 0 Å². The summed E-state index contributed by atoms with van der Waals surface area (Å²) in [7, 11) is 0. The number of halogens is 2. The summed E-state index contributed by atoms with van der Waals surface area (Å²) in [5.74, 6) is 0.446. The largest absolute Gasteiger partial charge is 0.455 e. The summed E-state index contributed by atoms with van der Waals surface area (Å²) in [5.41, 5.74) is 0.849. The minimum atomic E-state index is -0.255. The van der Waals surface area contributed by atoms with E-state index >= 15 is 0 Å². The second kappa shape index (κ2) is 5.83. The molecule has 5 nitrogen and oxygen atoms in total. The Kier molecular flexibility index (Phi) is 3.52. The molecular weight excluding hydrogens is 411 g/mol. The van der Waals surface area contributed by atoms with Crippen molar-refractivity contribution in [2.24, 2.45) is 34.2 Å². The number of amides is 2. The Morgan fingerprint density at radius 3 is 2.38 bits per heavy atom. The molecule has 0 N–H and O–H groups in total. The normalized spacial score (nSPS) is 30.9. The van der Waals surface area contributed by atoms with Gasteiger partial charge in [-0.15, -0.1) is 0 Å². The molecule has 4 atom stereocenters. The van der Waals surface area contributed by atoms with Gasteiger partial charge in [-0.2, -0.15) is 10.1 Å². The predicted octanol–water partition coefficient (Wildman–Crippen LogP) is 4.78. The summed E-state index contributed by atoms with van der Waals surface area (Å²) >= 11 is 12.3. The number of furan rings is 1. The Hall–Kier alpha value is -2.37. The van der Waals surface area contributed by atoms with Gasteiger partial charge < -0.3 is 4.42 Å². The molecule has 1 saturated heterocycles. The number of fused-ring (bicyclic) bond motifs is 3. The molecule has 2 heterocycles. The van der Waals surface area contributed by atoms with Gasteiger partial charge in [-0.05, 0) is 54.4 Å². The summed E-state index contributed by atoms with van der Waals surface area (Å²) in [6.07, 6.45) is 7.93. The molecule has 1 aromatic carbocycles. The molecule has 146 valence electrons. The summed E-state index contributed by atoms with van der Waals surface area (Å²) in [6.45, 7) is 0. The van der Waals surface area contributed by atoms with Gasteiger partial charge in [0.05, 0.1) is 28.1 Å². The zero-order chi connectivity index (χ0) is 19.9. The average molecular weight is 427 g/mol. The topological polar surface area (TPSA) is 62.9 Å². The van der Waals surface area contributed by atoms with Crippen LogP contribution in [0.4, 0.5) is 0 Å². The maximum atomic E-state index is 12.9. The van der Waals surface area contributed by atoms with Crippen LogP contribution in [0.2, 0.25) is 10.0 Å². The molecule has 2 aromatic rings. The minimum Gasteiger partial charge on any atom is -0.455 e. The zero-order valence-electron chi connectivity index (χ0n) is 15.2. The van der Waals surface area contributed by atoms with Gasteiger partial charge in [-0.1, -0.05) is 41.4 Å². The fraction of sp³-hybridized carbons (Fsp3) is 0.318. The van der Waals surface area contributed by atoms with Crippen molar-refractivity contribution in [2.45, 2.75) is 12.8 Å². The Bertz CT molecular complexity index is 1100. The molecule has 6 rings (SSSR count). The number of rotatable bonds is 3. The van der Waals surface area contributed by atoms with Crippen molar-refractivity contribution < 1.29 is 14.0 Å². The Morgan fingerprint density at radius 1 is 1.03 bits per heavy atom. The van der Waals surface area contributed by atoms with E-state index in [1.807, 2.05) is 0 Å². The van der Waals surface area contributed by atoms with Crippen LogP contribution < -0.4 is 0 Å². The standard InChI is InChI=1S/C22H16Cl2N2O3/c23-15-3-1-2-12(19(15)24)16-7-4-11(29-16)10-25-26-20(27)17-13-5-6-14(18(17)21(26)28)22(13)8-9-22/h1-7,10,13-14,17-18H,8-9H2/b25-10-/t13-,14-,17+,18+/m1/s1. The number of carbonyl (C=O) groups excluding carboxylic acids is 2. The first-order valence-electron chi connectivity index (χ1n) is 9.66. The Labute approximate surface area is 177 Å². The van der Waals surface area contributed by atoms with Crippen molar-refractivity contribution in [1.29, 1.82) is 0 Å². The minimum absolute atomic E-state index is 0.183. The fourth-order valence-corrected chi connectivity index (χ4v) is 5.95. The van der Waals surface area contributed by atoms with Gasteiger partial charge in [0.25, 0.3) is 11.8 Å². The Balaban J connectivity index is 1.25. The van der Waals surface area contributed by atoms with Gasteiger partial charge in [0, 0.05) is 5.56 Å². The third kappa shape index (κ3) is 2.26. The molecule has 2 amide bonds. The van der Waals surface area contributed by atoms with E-state index in [-0.39, 0.29) is 40.9 Å². The van der Waals surface area contributed by atoms with Gasteiger partial charge in [0.2, 0.25) is 0 Å². The van der Waals surface area contributed by atoms with Crippen molar-refractivity contribution in [1.82, 2.24) is 5.01 Å². The third-order valence-corrected chi connectivity index (χ3v) is 7.79. The lowest BCUT2D eigenvalue weighted by molar-refractivity contribution is -0.141. The van der Waals surface area contributed by atoms with E-state index in [4.69, 9.17) is 27.6 Å². The molecule has 2 bridgehead atoms. The van der Waals surface area contributed by atoms with Gasteiger partial charge in [-0.3, -0.25) is 9.59 Å². The third-order valence-electron chi connectivity index (χ3n) is 6.97. The van der Waals surface area contributed by atoms with Crippen molar-refractivity contribution in [2.75, 3.05) is 0 Å². The van der Waals surface area contributed by atoms with Gasteiger partial charge in [0.15, 0.2) is 0 Å². The average Bonchev–Trinajstić information content (AvgIpc) is 3.00. The summed E-state index contributed by atoms with van der Waals surface area (Å²) in [4.78, 5) is 25.9. The van der Waals surface area contributed by atoms with E-state index < -0.39 is 0 Å². The number of imide groups is 1. The van der Waals surface area contributed by atoms with Gasteiger partial charge in [0.1, 0.15) is 11.5 Å². The number of carbonyl (C=O) groups is 2. The number of hydrogen-bond acceptors (Lipinski definition) is 4. The number of allylic oxidation sites excluding steroid dienone is 2. The molecule has 1 aromatic heterocycles. The molecule has 4 aliphatic rings.